The smallest absolute Gasteiger partial charge is 0.343 e. The van der Waals surface area contributed by atoms with Crippen LogP contribution in [0.5, 0.6) is 0 Å². The summed E-state index contributed by atoms with van der Waals surface area (Å²) in [6.45, 7) is 6.04. The highest BCUT2D eigenvalue weighted by Crippen LogP contribution is 2.15. The highest BCUT2D eigenvalue weighted by molar-refractivity contribution is 5.82. The fourth-order valence-electron chi connectivity index (χ4n) is 0.378. The number of nitrogens with one attached hydrogen (secondary N) is 1. The van der Waals surface area contributed by atoms with E-state index in [0.717, 1.165) is 0 Å². The summed E-state index contributed by atoms with van der Waals surface area (Å²) in [5.41, 5.74) is -1.09. The Hall–Kier alpha value is -0.740. The Bertz CT molecular complexity index is 156. The molecule has 0 aromatic rings. The maximum absolute atomic E-state index is 11.5. The molecule has 2 nitrogen and oxygen atoms in total. The van der Waals surface area contributed by atoms with E-state index in [1.54, 1.807) is 5.32 Å². The number of halogens is 3. The number of hydrogen-bond acceptors (Lipinski definition) is 1. The Labute approximate surface area is 62.8 Å². The van der Waals surface area contributed by atoms with Crippen molar-refractivity contribution in [3.8, 4) is 0 Å². The van der Waals surface area contributed by atoms with Crippen molar-refractivity contribution in [2.45, 2.75) is 25.6 Å². The van der Waals surface area contributed by atoms with Crippen molar-refractivity contribution in [1.29, 1.82) is 0 Å². The molecule has 65 valence electrons. The van der Waals surface area contributed by atoms with Gasteiger partial charge in [-0.1, -0.05) is 0 Å². The Morgan fingerprint density at radius 2 is 1.73 bits per heavy atom. The van der Waals surface area contributed by atoms with Gasteiger partial charge in [-0.05, 0) is 20.8 Å². The standard InChI is InChI=1S/C6H9F3NO/c1-5(2,3)10-4(11)6(7,8)9/h1H2,2-3H3,(H,10,11). The predicted molar refractivity (Wildman–Crippen MR) is 33.6 cm³/mol. The summed E-state index contributed by atoms with van der Waals surface area (Å²) in [6, 6.07) is 0. The van der Waals surface area contributed by atoms with E-state index in [-0.39, 0.29) is 0 Å². The molecule has 0 aliphatic rings. The lowest BCUT2D eigenvalue weighted by molar-refractivity contribution is -0.174. The van der Waals surface area contributed by atoms with Gasteiger partial charge in [0.25, 0.3) is 0 Å². The van der Waals surface area contributed by atoms with Crippen molar-refractivity contribution in [2.75, 3.05) is 0 Å². The van der Waals surface area contributed by atoms with Gasteiger partial charge in [0, 0.05) is 5.54 Å². The number of carbonyl (C=O) groups excluding carboxylic acids is 1. The first-order valence-corrected chi connectivity index (χ1v) is 2.87. The van der Waals surface area contributed by atoms with Crippen molar-refractivity contribution in [3.05, 3.63) is 6.92 Å². The summed E-state index contributed by atoms with van der Waals surface area (Å²) in [5.74, 6) is -1.96. The fourth-order valence-corrected chi connectivity index (χ4v) is 0.378. The SMILES string of the molecule is [CH2]C(C)(C)NC(=O)C(F)(F)F. The van der Waals surface area contributed by atoms with Crippen LogP contribution in [0.4, 0.5) is 13.2 Å². The second kappa shape index (κ2) is 2.71. The number of rotatable bonds is 1. The molecular weight excluding hydrogens is 159 g/mol. The summed E-state index contributed by atoms with van der Waals surface area (Å²) < 4.78 is 34.6. The van der Waals surface area contributed by atoms with E-state index in [1.165, 1.54) is 13.8 Å². The summed E-state index contributed by atoms with van der Waals surface area (Å²) in [7, 11) is 0. The first-order chi connectivity index (χ1) is 4.63. The molecule has 0 heterocycles. The number of alkyl halides is 3. The van der Waals surface area contributed by atoms with Gasteiger partial charge in [0.15, 0.2) is 0 Å². The van der Waals surface area contributed by atoms with Gasteiger partial charge >= 0.3 is 12.1 Å². The van der Waals surface area contributed by atoms with E-state index in [9.17, 15) is 18.0 Å². The highest BCUT2D eigenvalue weighted by Gasteiger charge is 2.40. The monoisotopic (exact) mass is 168 g/mol. The lowest BCUT2D eigenvalue weighted by Gasteiger charge is -2.20. The molecule has 0 unspecified atom stereocenters. The summed E-state index contributed by atoms with van der Waals surface area (Å²) in [5, 5.41) is 1.68. The first-order valence-electron chi connectivity index (χ1n) is 2.87. The van der Waals surface area contributed by atoms with E-state index in [0.29, 0.717) is 0 Å². The summed E-state index contributed by atoms with van der Waals surface area (Å²) in [6.07, 6.45) is -4.82. The van der Waals surface area contributed by atoms with Gasteiger partial charge in [-0.3, -0.25) is 4.79 Å². The average molecular weight is 168 g/mol. The van der Waals surface area contributed by atoms with Crippen LogP contribution < -0.4 is 5.32 Å². The van der Waals surface area contributed by atoms with E-state index in [1.807, 2.05) is 0 Å². The highest BCUT2D eigenvalue weighted by atomic mass is 19.4. The first kappa shape index (κ1) is 10.3. The molecule has 11 heavy (non-hydrogen) atoms. The van der Waals surface area contributed by atoms with E-state index in [4.69, 9.17) is 0 Å². The van der Waals surface area contributed by atoms with E-state index in [2.05, 4.69) is 6.92 Å². The lowest BCUT2D eigenvalue weighted by atomic mass is 10.1. The van der Waals surface area contributed by atoms with Crippen molar-refractivity contribution >= 4 is 5.91 Å². The van der Waals surface area contributed by atoms with Crippen LogP contribution in [-0.2, 0) is 4.79 Å². The van der Waals surface area contributed by atoms with Crippen LogP contribution in [0.25, 0.3) is 0 Å². The summed E-state index contributed by atoms with van der Waals surface area (Å²) >= 11 is 0. The molecule has 0 saturated carbocycles. The molecule has 0 saturated heterocycles. The van der Waals surface area contributed by atoms with E-state index < -0.39 is 17.6 Å². The quantitative estimate of drug-likeness (QED) is 0.627. The molecule has 1 radical (unpaired) electrons. The van der Waals surface area contributed by atoms with Gasteiger partial charge in [0.1, 0.15) is 0 Å². The molecule has 0 aromatic heterocycles. The number of carbonyl (C=O) groups is 1. The molecule has 1 amide bonds. The zero-order valence-electron chi connectivity index (χ0n) is 6.25. The Morgan fingerprint density at radius 1 is 1.36 bits per heavy atom. The number of hydrogen-bond donors (Lipinski definition) is 1. The van der Waals surface area contributed by atoms with Crippen molar-refractivity contribution in [3.63, 3.8) is 0 Å². The zero-order chi connectivity index (χ0) is 9.28. The molecule has 0 aliphatic heterocycles. The van der Waals surface area contributed by atoms with Crippen molar-refractivity contribution in [2.24, 2.45) is 0 Å². The minimum Gasteiger partial charge on any atom is -0.343 e. The van der Waals surface area contributed by atoms with Gasteiger partial charge in [-0.15, -0.1) is 0 Å². The van der Waals surface area contributed by atoms with Crippen LogP contribution in [0, 0.1) is 6.92 Å². The molecule has 5 heteroatoms. The van der Waals surface area contributed by atoms with Crippen LogP contribution in [0.3, 0.4) is 0 Å². The minimum absolute atomic E-state index is 1.09. The molecule has 0 fully saturated rings. The topological polar surface area (TPSA) is 29.1 Å². The second-order valence-corrected chi connectivity index (χ2v) is 2.84. The predicted octanol–water partition coefficient (Wildman–Crippen LogP) is 1.28. The maximum Gasteiger partial charge on any atom is 0.471 e. The van der Waals surface area contributed by atoms with Gasteiger partial charge in [-0.2, -0.15) is 13.2 Å². The van der Waals surface area contributed by atoms with Crippen molar-refractivity contribution < 1.29 is 18.0 Å². The van der Waals surface area contributed by atoms with Gasteiger partial charge in [-0.25, -0.2) is 0 Å². The van der Waals surface area contributed by atoms with Crippen molar-refractivity contribution in [1.82, 2.24) is 5.32 Å². The Morgan fingerprint density at radius 3 is 1.82 bits per heavy atom. The van der Waals surface area contributed by atoms with E-state index >= 15 is 0 Å². The second-order valence-electron chi connectivity index (χ2n) is 2.84. The Kier molecular flexibility index (Phi) is 2.53. The molecule has 0 aromatic carbocycles. The average Bonchev–Trinajstić information content (AvgIpc) is 1.56. The third-order valence-electron chi connectivity index (χ3n) is 0.709. The van der Waals surface area contributed by atoms with Gasteiger partial charge in [0.2, 0.25) is 0 Å². The number of amides is 1. The van der Waals surface area contributed by atoms with Gasteiger partial charge < -0.3 is 5.32 Å². The zero-order valence-corrected chi connectivity index (χ0v) is 6.25. The third kappa shape index (κ3) is 4.64. The molecule has 0 rings (SSSR count). The largest absolute Gasteiger partial charge is 0.471 e. The van der Waals surface area contributed by atoms with Crippen LogP contribution in [-0.4, -0.2) is 17.6 Å². The van der Waals surface area contributed by atoms with Crippen LogP contribution in [0.1, 0.15) is 13.8 Å². The van der Waals surface area contributed by atoms with Crippen LogP contribution in [0.2, 0.25) is 0 Å². The third-order valence-corrected chi connectivity index (χ3v) is 0.709. The molecule has 0 spiro atoms. The summed E-state index contributed by atoms with van der Waals surface area (Å²) in [4.78, 5) is 10.2. The normalized spacial score (nSPS) is 12.9. The molecule has 0 aliphatic carbocycles. The molecule has 0 atom stereocenters. The van der Waals surface area contributed by atoms with Crippen LogP contribution in [0.15, 0.2) is 0 Å². The minimum atomic E-state index is -4.82. The molecule has 0 bridgehead atoms. The Balaban J connectivity index is 4.11. The lowest BCUT2D eigenvalue weighted by Crippen LogP contribution is -2.47. The van der Waals surface area contributed by atoms with Gasteiger partial charge in [0.05, 0.1) is 0 Å². The molecule has 1 N–H and O–H groups in total. The van der Waals surface area contributed by atoms with Crippen LogP contribution >= 0.6 is 0 Å². The fraction of sp³-hybridized carbons (Fsp3) is 0.667. The maximum atomic E-state index is 11.5. The molecular formula is C6H9F3NO.